The zero-order valence-corrected chi connectivity index (χ0v) is 8.77. The topological polar surface area (TPSA) is 29.1 Å². The van der Waals surface area contributed by atoms with E-state index in [1.807, 2.05) is 12.1 Å². The fraction of sp³-hybridized carbons (Fsp3) is 0.364. The lowest BCUT2D eigenvalue weighted by Gasteiger charge is -2.11. The predicted molar refractivity (Wildman–Crippen MR) is 57.1 cm³/mol. The number of benzene rings is 1. The van der Waals surface area contributed by atoms with Crippen LogP contribution in [0.15, 0.2) is 18.2 Å². The van der Waals surface area contributed by atoms with Crippen LogP contribution in [0.4, 0.5) is 0 Å². The Bertz CT molecular complexity index is 376. The van der Waals surface area contributed by atoms with Crippen LogP contribution in [0.2, 0.25) is 5.02 Å². The number of ketones is 1. The van der Waals surface area contributed by atoms with Crippen molar-refractivity contribution < 1.29 is 4.79 Å². The maximum Gasteiger partial charge on any atom is 0.176 e. The van der Waals surface area contributed by atoms with Gasteiger partial charge in [0, 0.05) is 17.1 Å². The molecule has 0 aliphatic carbocycles. The van der Waals surface area contributed by atoms with Gasteiger partial charge in [-0.05, 0) is 29.7 Å². The van der Waals surface area contributed by atoms with Gasteiger partial charge in [0.15, 0.2) is 5.78 Å². The molecule has 1 aliphatic rings. The number of hydrogen-bond donors (Lipinski definition) is 1. The molecule has 1 aromatic rings. The molecule has 2 rings (SSSR count). The number of halogens is 1. The van der Waals surface area contributed by atoms with Crippen molar-refractivity contribution in [3.05, 3.63) is 34.3 Å². The molecular formula is C11H12ClNO. The molecule has 0 spiro atoms. The Morgan fingerprint density at radius 1 is 1.50 bits per heavy atom. The molecule has 0 fully saturated rings. The summed E-state index contributed by atoms with van der Waals surface area (Å²) in [6.45, 7) is 3.36. The Labute approximate surface area is 88.3 Å². The SMILES string of the molecule is CC1CNCC(=O)c2ccc(Cl)cc21. The van der Waals surface area contributed by atoms with Crippen molar-refractivity contribution in [3.8, 4) is 0 Å². The smallest absolute Gasteiger partial charge is 0.176 e. The van der Waals surface area contributed by atoms with Gasteiger partial charge in [0.05, 0.1) is 6.54 Å². The van der Waals surface area contributed by atoms with Gasteiger partial charge in [-0.1, -0.05) is 18.5 Å². The Kier molecular flexibility index (Phi) is 2.57. The van der Waals surface area contributed by atoms with Gasteiger partial charge in [-0.3, -0.25) is 4.79 Å². The van der Waals surface area contributed by atoms with Crippen LogP contribution in [0.25, 0.3) is 0 Å². The van der Waals surface area contributed by atoms with E-state index in [4.69, 9.17) is 11.6 Å². The van der Waals surface area contributed by atoms with E-state index in [0.717, 1.165) is 17.7 Å². The zero-order chi connectivity index (χ0) is 10.1. The highest BCUT2D eigenvalue weighted by atomic mass is 35.5. The second kappa shape index (κ2) is 3.71. The lowest BCUT2D eigenvalue weighted by molar-refractivity contribution is 0.0994. The summed E-state index contributed by atoms with van der Waals surface area (Å²) in [7, 11) is 0. The van der Waals surface area contributed by atoms with Crippen molar-refractivity contribution in [2.75, 3.05) is 13.1 Å². The molecule has 1 aromatic carbocycles. The van der Waals surface area contributed by atoms with Crippen molar-refractivity contribution in [2.45, 2.75) is 12.8 Å². The standard InChI is InChI=1S/C11H12ClNO/c1-7-5-13-6-11(14)9-3-2-8(12)4-10(7)9/h2-4,7,13H,5-6H2,1H3. The molecule has 1 N–H and O–H groups in total. The number of carbonyl (C=O) groups is 1. The van der Waals surface area contributed by atoms with Crippen LogP contribution in [0, 0.1) is 0 Å². The summed E-state index contributed by atoms with van der Waals surface area (Å²) in [5, 5.41) is 3.82. The van der Waals surface area contributed by atoms with Gasteiger partial charge < -0.3 is 5.32 Å². The maximum absolute atomic E-state index is 11.7. The van der Waals surface area contributed by atoms with Crippen LogP contribution >= 0.6 is 11.6 Å². The van der Waals surface area contributed by atoms with Crippen molar-refractivity contribution in [2.24, 2.45) is 0 Å². The van der Waals surface area contributed by atoms with Crippen LogP contribution in [0.5, 0.6) is 0 Å². The molecule has 3 heteroatoms. The molecule has 0 radical (unpaired) electrons. The van der Waals surface area contributed by atoms with E-state index < -0.39 is 0 Å². The third kappa shape index (κ3) is 1.68. The molecule has 0 saturated carbocycles. The third-order valence-electron chi connectivity index (χ3n) is 2.58. The van der Waals surface area contributed by atoms with Crippen LogP contribution in [-0.2, 0) is 0 Å². The summed E-state index contributed by atoms with van der Waals surface area (Å²) in [5.41, 5.74) is 1.87. The molecule has 1 aliphatic heterocycles. The molecule has 0 saturated heterocycles. The van der Waals surface area contributed by atoms with E-state index in [1.165, 1.54) is 0 Å². The lowest BCUT2D eigenvalue weighted by atomic mass is 9.95. The summed E-state index contributed by atoms with van der Waals surface area (Å²) in [5.74, 6) is 0.496. The number of nitrogens with one attached hydrogen (secondary N) is 1. The van der Waals surface area contributed by atoms with E-state index in [-0.39, 0.29) is 5.78 Å². The summed E-state index contributed by atoms with van der Waals surface area (Å²) in [6.07, 6.45) is 0. The van der Waals surface area contributed by atoms with Gasteiger partial charge in [0.25, 0.3) is 0 Å². The van der Waals surface area contributed by atoms with E-state index in [2.05, 4.69) is 12.2 Å². The zero-order valence-electron chi connectivity index (χ0n) is 8.01. The first kappa shape index (κ1) is 9.69. The Balaban J connectivity index is 2.54. The highest BCUT2D eigenvalue weighted by Crippen LogP contribution is 2.25. The first-order chi connectivity index (χ1) is 6.68. The number of carbonyl (C=O) groups excluding carboxylic acids is 1. The predicted octanol–water partition coefficient (Wildman–Crippen LogP) is 2.23. The summed E-state index contributed by atoms with van der Waals surface area (Å²) >= 11 is 5.91. The lowest BCUT2D eigenvalue weighted by Crippen LogP contribution is -2.22. The fourth-order valence-corrected chi connectivity index (χ4v) is 1.98. The van der Waals surface area contributed by atoms with Crippen molar-refractivity contribution >= 4 is 17.4 Å². The van der Waals surface area contributed by atoms with Gasteiger partial charge >= 0.3 is 0 Å². The third-order valence-corrected chi connectivity index (χ3v) is 2.82. The average Bonchev–Trinajstić information content (AvgIpc) is 2.28. The summed E-state index contributed by atoms with van der Waals surface area (Å²) in [4.78, 5) is 11.7. The fourth-order valence-electron chi connectivity index (χ4n) is 1.80. The molecule has 14 heavy (non-hydrogen) atoms. The van der Waals surface area contributed by atoms with Gasteiger partial charge in [0.1, 0.15) is 0 Å². The van der Waals surface area contributed by atoms with Gasteiger partial charge in [0.2, 0.25) is 0 Å². The van der Waals surface area contributed by atoms with Crippen LogP contribution < -0.4 is 5.32 Å². The molecule has 0 bridgehead atoms. The minimum atomic E-state index is 0.154. The Morgan fingerprint density at radius 3 is 3.07 bits per heavy atom. The molecule has 1 unspecified atom stereocenters. The summed E-state index contributed by atoms with van der Waals surface area (Å²) < 4.78 is 0. The molecule has 2 nitrogen and oxygen atoms in total. The van der Waals surface area contributed by atoms with Gasteiger partial charge in [-0.2, -0.15) is 0 Å². The van der Waals surface area contributed by atoms with Crippen LogP contribution in [0.1, 0.15) is 28.8 Å². The van der Waals surface area contributed by atoms with Crippen molar-refractivity contribution in [3.63, 3.8) is 0 Å². The van der Waals surface area contributed by atoms with E-state index >= 15 is 0 Å². The molecule has 0 amide bonds. The number of hydrogen-bond acceptors (Lipinski definition) is 2. The second-order valence-corrected chi connectivity index (χ2v) is 4.12. The minimum absolute atomic E-state index is 0.154. The molecule has 74 valence electrons. The maximum atomic E-state index is 11.7. The van der Waals surface area contributed by atoms with Gasteiger partial charge in [-0.15, -0.1) is 0 Å². The summed E-state index contributed by atoms with van der Waals surface area (Å²) in [6, 6.07) is 5.49. The molecule has 1 atom stereocenters. The number of rotatable bonds is 0. The van der Waals surface area contributed by atoms with Crippen molar-refractivity contribution in [1.82, 2.24) is 5.32 Å². The first-order valence-electron chi connectivity index (χ1n) is 4.72. The number of Topliss-reactive ketones (excluding diaryl/α,β-unsaturated/α-hetero) is 1. The van der Waals surface area contributed by atoms with Gasteiger partial charge in [-0.25, -0.2) is 0 Å². The van der Waals surface area contributed by atoms with E-state index in [0.29, 0.717) is 17.5 Å². The van der Waals surface area contributed by atoms with Crippen molar-refractivity contribution in [1.29, 1.82) is 0 Å². The second-order valence-electron chi connectivity index (χ2n) is 3.69. The largest absolute Gasteiger partial charge is 0.309 e. The normalized spacial score (nSPS) is 21.6. The Hall–Kier alpha value is -0.860. The molecule has 0 aromatic heterocycles. The molecular weight excluding hydrogens is 198 g/mol. The van der Waals surface area contributed by atoms with E-state index in [1.54, 1.807) is 6.07 Å². The highest BCUT2D eigenvalue weighted by molar-refractivity contribution is 6.30. The van der Waals surface area contributed by atoms with Crippen LogP contribution in [-0.4, -0.2) is 18.9 Å². The Morgan fingerprint density at radius 2 is 2.29 bits per heavy atom. The highest BCUT2D eigenvalue weighted by Gasteiger charge is 2.19. The average molecular weight is 210 g/mol. The molecule has 1 heterocycles. The van der Waals surface area contributed by atoms with E-state index in [9.17, 15) is 4.79 Å². The minimum Gasteiger partial charge on any atom is -0.309 e. The van der Waals surface area contributed by atoms with Crippen LogP contribution in [0.3, 0.4) is 0 Å². The monoisotopic (exact) mass is 209 g/mol. The quantitative estimate of drug-likeness (QED) is 0.710. The number of fused-ring (bicyclic) bond motifs is 1. The first-order valence-corrected chi connectivity index (χ1v) is 5.09.